The quantitative estimate of drug-likeness (QED) is 0.369. The summed E-state index contributed by atoms with van der Waals surface area (Å²) in [6.07, 6.45) is 3.43. The highest BCUT2D eigenvalue weighted by Crippen LogP contribution is 2.16. The number of fused-ring (bicyclic) bond motifs is 1. The Labute approximate surface area is 170 Å². The van der Waals surface area contributed by atoms with Crippen molar-refractivity contribution in [3.8, 4) is 0 Å². The lowest BCUT2D eigenvalue weighted by Gasteiger charge is -2.02. The Morgan fingerprint density at radius 3 is 2.68 bits per heavy atom. The number of nitrogens with zero attached hydrogens (tertiary/aromatic N) is 3. The van der Waals surface area contributed by atoms with E-state index in [1.807, 2.05) is 66.7 Å². The van der Waals surface area contributed by atoms with E-state index in [9.17, 15) is 4.79 Å². The molecule has 0 aliphatic heterocycles. The lowest BCUT2D eigenvalue weighted by atomic mass is 10.1. The van der Waals surface area contributed by atoms with Crippen LogP contribution < -0.4 is 5.43 Å². The first-order valence-corrected chi connectivity index (χ1v) is 9.57. The zero-order valence-corrected chi connectivity index (χ0v) is 16.5. The highest BCUT2D eigenvalue weighted by atomic mass is 79.9. The normalized spacial score (nSPS) is 11.2. The fourth-order valence-electron chi connectivity index (χ4n) is 2.93. The van der Waals surface area contributed by atoms with Gasteiger partial charge < -0.3 is 0 Å². The topological polar surface area (TPSA) is 59.3 Å². The number of hydrogen-bond donors (Lipinski definition) is 1. The van der Waals surface area contributed by atoms with Crippen molar-refractivity contribution < 1.29 is 4.79 Å². The minimum Gasteiger partial charge on any atom is -0.268 e. The molecule has 6 heteroatoms. The molecule has 0 saturated carbocycles. The molecule has 1 heterocycles. The van der Waals surface area contributed by atoms with Crippen molar-refractivity contribution >= 4 is 38.8 Å². The molecule has 0 spiro atoms. The lowest BCUT2D eigenvalue weighted by molar-refractivity contribution is 0.0949. The number of rotatable bonds is 5. The van der Waals surface area contributed by atoms with E-state index in [1.165, 1.54) is 0 Å². The molecule has 5 nitrogen and oxygen atoms in total. The summed E-state index contributed by atoms with van der Waals surface area (Å²) in [6.45, 7) is 0.597. The number of hydrogen-bond acceptors (Lipinski definition) is 3. The molecule has 0 bridgehead atoms. The molecule has 138 valence electrons. The molecular formula is C22H17BrN4O. The van der Waals surface area contributed by atoms with Crippen molar-refractivity contribution in [3.05, 3.63) is 100 Å². The molecule has 1 amide bonds. The molecule has 0 aliphatic carbocycles. The molecule has 0 radical (unpaired) electrons. The minimum atomic E-state index is -0.342. The van der Waals surface area contributed by atoms with Crippen LogP contribution in [0.5, 0.6) is 0 Å². The zero-order chi connectivity index (χ0) is 19.3. The van der Waals surface area contributed by atoms with E-state index in [-0.39, 0.29) is 5.91 Å². The monoisotopic (exact) mass is 432 g/mol. The van der Waals surface area contributed by atoms with E-state index < -0.39 is 0 Å². The Morgan fingerprint density at radius 2 is 1.82 bits per heavy atom. The summed E-state index contributed by atoms with van der Waals surface area (Å²) in [7, 11) is 0. The van der Waals surface area contributed by atoms with Gasteiger partial charge in [-0.3, -0.25) is 9.48 Å². The van der Waals surface area contributed by atoms with Gasteiger partial charge in [0.1, 0.15) is 0 Å². The van der Waals surface area contributed by atoms with Gasteiger partial charge in [-0.05, 0) is 34.5 Å². The second kappa shape index (κ2) is 8.19. The van der Waals surface area contributed by atoms with Crippen LogP contribution in [0.3, 0.4) is 0 Å². The average molecular weight is 433 g/mol. The van der Waals surface area contributed by atoms with Crippen molar-refractivity contribution in [3.63, 3.8) is 0 Å². The predicted octanol–water partition coefficient (Wildman–Crippen LogP) is 4.61. The summed E-state index contributed by atoms with van der Waals surface area (Å²) in [4.78, 5) is 12.3. The second-order valence-electron chi connectivity index (χ2n) is 6.29. The molecule has 0 saturated heterocycles. The smallest absolute Gasteiger partial charge is 0.268 e. The number of amides is 1. The summed E-state index contributed by atoms with van der Waals surface area (Å²) in [6, 6.07) is 23.7. The average Bonchev–Trinajstić information content (AvgIpc) is 3.18. The summed E-state index contributed by atoms with van der Waals surface area (Å²) in [5, 5.41) is 10.6. The van der Waals surface area contributed by atoms with Gasteiger partial charge in [-0.2, -0.15) is 10.2 Å². The van der Waals surface area contributed by atoms with E-state index in [0.717, 1.165) is 26.4 Å². The molecule has 3 aromatic carbocycles. The van der Waals surface area contributed by atoms with Crippen LogP contribution in [0.1, 0.15) is 21.6 Å². The van der Waals surface area contributed by atoms with Crippen LogP contribution in [0.4, 0.5) is 0 Å². The molecule has 0 atom stereocenters. The van der Waals surface area contributed by atoms with E-state index in [0.29, 0.717) is 12.2 Å². The van der Waals surface area contributed by atoms with Crippen LogP contribution in [0.25, 0.3) is 10.8 Å². The molecule has 0 fully saturated rings. The van der Waals surface area contributed by atoms with Crippen LogP contribution in [0.2, 0.25) is 0 Å². The third kappa shape index (κ3) is 4.18. The number of benzene rings is 3. The van der Waals surface area contributed by atoms with Crippen molar-refractivity contribution in [2.75, 3.05) is 0 Å². The third-order valence-corrected chi connectivity index (χ3v) is 4.85. The number of halogens is 1. The van der Waals surface area contributed by atoms with E-state index >= 15 is 0 Å². The first-order valence-electron chi connectivity index (χ1n) is 8.78. The lowest BCUT2D eigenvalue weighted by Crippen LogP contribution is -2.18. The Balaban J connectivity index is 1.42. The summed E-state index contributed by atoms with van der Waals surface area (Å²) in [5.74, 6) is -0.342. The Bertz CT molecular complexity index is 1140. The molecule has 0 aliphatic rings. The Morgan fingerprint density at radius 1 is 1.04 bits per heavy atom. The van der Waals surface area contributed by atoms with Gasteiger partial charge in [0, 0.05) is 16.2 Å². The minimum absolute atomic E-state index is 0.326. The maximum absolute atomic E-state index is 12.3. The number of aromatic nitrogens is 2. The van der Waals surface area contributed by atoms with Crippen molar-refractivity contribution in [2.24, 2.45) is 5.10 Å². The highest BCUT2D eigenvalue weighted by Gasteiger charge is 2.09. The summed E-state index contributed by atoms with van der Waals surface area (Å²) < 4.78 is 2.76. The standard InChI is InChI=1S/C22H17BrN4O/c23-19-10-8-16(9-11-19)15-27-13-12-21(26-27)22(28)25-24-14-18-6-3-5-17-4-1-2-7-20(17)18/h1-14H,15H2,(H,25,28). The number of carbonyl (C=O) groups excluding carboxylic acids is 1. The Kier molecular flexibility index (Phi) is 5.30. The van der Waals surface area contributed by atoms with Crippen molar-refractivity contribution in [1.82, 2.24) is 15.2 Å². The summed E-state index contributed by atoms with van der Waals surface area (Å²) >= 11 is 3.42. The van der Waals surface area contributed by atoms with Crippen LogP contribution in [0.15, 0.2) is 88.6 Å². The van der Waals surface area contributed by atoms with Crippen LogP contribution in [-0.4, -0.2) is 21.9 Å². The van der Waals surface area contributed by atoms with Gasteiger partial charge >= 0.3 is 0 Å². The number of carbonyl (C=O) groups is 1. The third-order valence-electron chi connectivity index (χ3n) is 4.32. The van der Waals surface area contributed by atoms with Gasteiger partial charge in [-0.1, -0.05) is 70.5 Å². The molecule has 1 aromatic heterocycles. The Hall–Kier alpha value is -3.25. The van der Waals surface area contributed by atoms with Crippen molar-refractivity contribution in [2.45, 2.75) is 6.54 Å². The SMILES string of the molecule is O=C(NN=Cc1cccc2ccccc12)c1ccn(Cc2ccc(Br)cc2)n1. The molecule has 4 rings (SSSR count). The van der Waals surface area contributed by atoms with Gasteiger partial charge in [0.05, 0.1) is 12.8 Å². The predicted molar refractivity (Wildman–Crippen MR) is 114 cm³/mol. The molecule has 4 aromatic rings. The second-order valence-corrected chi connectivity index (χ2v) is 7.21. The maximum atomic E-state index is 12.3. The molecular weight excluding hydrogens is 416 g/mol. The first-order chi connectivity index (χ1) is 13.7. The fourth-order valence-corrected chi connectivity index (χ4v) is 3.19. The van der Waals surface area contributed by atoms with Gasteiger partial charge in [0.2, 0.25) is 0 Å². The largest absolute Gasteiger partial charge is 0.291 e. The van der Waals surface area contributed by atoms with E-state index in [4.69, 9.17) is 0 Å². The van der Waals surface area contributed by atoms with Gasteiger partial charge in [0.15, 0.2) is 5.69 Å². The molecule has 1 N–H and O–H groups in total. The molecule has 0 unspecified atom stereocenters. The fraction of sp³-hybridized carbons (Fsp3) is 0.0455. The number of hydrazone groups is 1. The number of nitrogens with one attached hydrogen (secondary N) is 1. The van der Waals surface area contributed by atoms with Crippen molar-refractivity contribution in [1.29, 1.82) is 0 Å². The zero-order valence-electron chi connectivity index (χ0n) is 14.9. The van der Waals surface area contributed by atoms with E-state index in [1.54, 1.807) is 23.2 Å². The van der Waals surface area contributed by atoms with Gasteiger partial charge in [-0.25, -0.2) is 5.43 Å². The highest BCUT2D eigenvalue weighted by molar-refractivity contribution is 9.10. The maximum Gasteiger partial charge on any atom is 0.291 e. The van der Waals surface area contributed by atoms with E-state index in [2.05, 4.69) is 31.6 Å². The molecule has 28 heavy (non-hydrogen) atoms. The van der Waals surface area contributed by atoms with Crippen LogP contribution >= 0.6 is 15.9 Å². The van der Waals surface area contributed by atoms with Crippen LogP contribution in [-0.2, 0) is 6.54 Å². The van der Waals surface area contributed by atoms with Gasteiger partial charge in [-0.15, -0.1) is 0 Å². The van der Waals surface area contributed by atoms with Crippen LogP contribution in [0, 0.1) is 0 Å². The first kappa shape index (κ1) is 18.1. The van der Waals surface area contributed by atoms with Gasteiger partial charge in [0.25, 0.3) is 5.91 Å². The summed E-state index contributed by atoms with van der Waals surface area (Å²) in [5.41, 5.74) is 4.92.